The zero-order chi connectivity index (χ0) is 21.0. The van der Waals surface area contributed by atoms with Gasteiger partial charge in [0.2, 0.25) is 0 Å². The van der Waals surface area contributed by atoms with Crippen LogP contribution in [-0.4, -0.2) is 6.26 Å². The lowest BCUT2D eigenvalue weighted by atomic mass is 9.89. The first-order valence-corrected chi connectivity index (χ1v) is 12.7. The van der Waals surface area contributed by atoms with E-state index in [1.165, 1.54) is 72.6 Å². The molecule has 0 unspecified atom stereocenters. The maximum absolute atomic E-state index is 4.92. The van der Waals surface area contributed by atoms with Gasteiger partial charge < -0.3 is 0 Å². The average molecular weight is 419 g/mol. The fraction of sp³-hybridized carbons (Fsp3) is 0.462. The molecule has 2 heteroatoms. The third-order valence-corrected chi connectivity index (χ3v) is 4.29. The molecule has 0 fully saturated rings. The first-order chi connectivity index (χ1) is 13.7. The summed E-state index contributed by atoms with van der Waals surface area (Å²) in [5, 5.41) is 0. The fourth-order valence-electron chi connectivity index (χ4n) is 3.12. The monoisotopic (exact) mass is 418 g/mol. The minimum atomic E-state index is 1.19. The Morgan fingerprint density at radius 3 is 1.29 bits per heavy atom. The molecule has 0 aromatic heterocycles. The molecule has 2 rings (SSSR count). The minimum absolute atomic E-state index is 1.19. The Balaban J connectivity index is 0.000000777. The molecule has 0 radical (unpaired) electrons. The van der Waals surface area contributed by atoms with Gasteiger partial charge in [0, 0.05) is 0 Å². The molecule has 0 aliphatic carbocycles. The summed E-state index contributed by atoms with van der Waals surface area (Å²) in [6.45, 7) is 8.96. The van der Waals surface area contributed by atoms with Crippen molar-refractivity contribution in [1.29, 1.82) is 0 Å². The van der Waals surface area contributed by atoms with Crippen LogP contribution in [-0.2, 0) is 0 Å². The van der Waals surface area contributed by atoms with Gasteiger partial charge in [0.25, 0.3) is 0 Å². The van der Waals surface area contributed by atoms with Crippen molar-refractivity contribution in [2.75, 3.05) is 6.26 Å². The summed E-state index contributed by atoms with van der Waals surface area (Å²) >= 11 is 0. The SMILES string of the molecule is CCCC(CCC)=C(c1ccccc1)c1ccccc1.CCCCC.CSCl. The van der Waals surface area contributed by atoms with Gasteiger partial charge in [-0.05, 0) is 46.5 Å². The van der Waals surface area contributed by atoms with Crippen LogP contribution in [0.5, 0.6) is 0 Å². The van der Waals surface area contributed by atoms with E-state index in [2.05, 4.69) is 88.4 Å². The van der Waals surface area contributed by atoms with Crippen LogP contribution in [0.2, 0.25) is 0 Å². The average Bonchev–Trinajstić information content (AvgIpc) is 2.72. The van der Waals surface area contributed by atoms with Gasteiger partial charge in [-0.15, -0.1) is 0 Å². The second-order valence-electron chi connectivity index (χ2n) is 6.72. The predicted octanol–water partition coefficient (Wildman–Crippen LogP) is 9.79. The first-order valence-electron chi connectivity index (χ1n) is 10.7. The van der Waals surface area contributed by atoms with Gasteiger partial charge in [-0.3, -0.25) is 0 Å². The lowest BCUT2D eigenvalue weighted by Crippen LogP contribution is -1.95. The fourth-order valence-corrected chi connectivity index (χ4v) is 3.12. The summed E-state index contributed by atoms with van der Waals surface area (Å²) in [6, 6.07) is 21.6. The van der Waals surface area contributed by atoms with Crippen LogP contribution < -0.4 is 0 Å². The Morgan fingerprint density at radius 2 is 1.04 bits per heavy atom. The third kappa shape index (κ3) is 11.6. The highest BCUT2D eigenvalue weighted by molar-refractivity contribution is 8.20. The van der Waals surface area contributed by atoms with E-state index in [0.717, 1.165) is 0 Å². The van der Waals surface area contributed by atoms with E-state index < -0.39 is 0 Å². The molecular weight excluding hydrogens is 380 g/mol. The normalized spacial score (nSPS) is 9.50. The van der Waals surface area contributed by atoms with Crippen LogP contribution in [0.1, 0.15) is 83.8 Å². The van der Waals surface area contributed by atoms with Crippen molar-refractivity contribution >= 4 is 27.2 Å². The summed E-state index contributed by atoms with van der Waals surface area (Å²) in [5.41, 5.74) is 5.72. The molecule has 0 amide bonds. The number of unbranched alkanes of at least 4 members (excludes halogenated alkanes) is 2. The van der Waals surface area contributed by atoms with E-state index in [1.807, 2.05) is 6.26 Å². The highest BCUT2D eigenvalue weighted by Gasteiger charge is 2.10. The zero-order valence-corrected chi connectivity index (χ0v) is 20.1. The molecule has 0 atom stereocenters. The highest BCUT2D eigenvalue weighted by Crippen LogP contribution is 2.31. The molecule has 0 nitrogen and oxygen atoms in total. The lowest BCUT2D eigenvalue weighted by molar-refractivity contribution is 0.772. The first kappa shape index (κ1) is 26.8. The minimum Gasteiger partial charge on any atom is -0.0654 e. The van der Waals surface area contributed by atoms with Crippen LogP contribution >= 0.6 is 21.7 Å². The molecular formula is C26H39ClS. The molecule has 28 heavy (non-hydrogen) atoms. The topological polar surface area (TPSA) is 0 Å². The van der Waals surface area contributed by atoms with E-state index in [9.17, 15) is 0 Å². The van der Waals surface area contributed by atoms with Crippen molar-refractivity contribution < 1.29 is 0 Å². The third-order valence-electron chi connectivity index (χ3n) is 4.29. The summed E-state index contributed by atoms with van der Waals surface area (Å²) in [5.74, 6) is 0. The van der Waals surface area contributed by atoms with Crippen molar-refractivity contribution in [1.82, 2.24) is 0 Å². The zero-order valence-electron chi connectivity index (χ0n) is 18.5. The van der Waals surface area contributed by atoms with Crippen LogP contribution in [0.3, 0.4) is 0 Å². The van der Waals surface area contributed by atoms with Crippen LogP contribution in [0.25, 0.3) is 5.57 Å². The van der Waals surface area contributed by atoms with E-state index in [-0.39, 0.29) is 0 Å². The van der Waals surface area contributed by atoms with E-state index in [0.29, 0.717) is 0 Å². The van der Waals surface area contributed by atoms with Gasteiger partial charge in [0.05, 0.1) is 0 Å². The van der Waals surface area contributed by atoms with Crippen molar-refractivity contribution in [3.63, 3.8) is 0 Å². The highest BCUT2D eigenvalue weighted by atomic mass is 35.7. The Bertz CT molecular complexity index is 553. The molecule has 0 N–H and O–H groups in total. The van der Waals surface area contributed by atoms with Crippen molar-refractivity contribution in [2.24, 2.45) is 0 Å². The Kier molecular flexibility index (Phi) is 18.3. The number of halogens is 1. The summed E-state index contributed by atoms with van der Waals surface area (Å²) in [7, 11) is 6.14. The number of rotatable bonds is 8. The molecule has 0 saturated heterocycles. The summed E-state index contributed by atoms with van der Waals surface area (Å²) in [4.78, 5) is 0. The van der Waals surface area contributed by atoms with Crippen molar-refractivity contribution in [2.45, 2.75) is 72.6 Å². The largest absolute Gasteiger partial charge is 0.0654 e. The molecule has 0 bridgehead atoms. The van der Waals surface area contributed by atoms with Crippen molar-refractivity contribution in [3.8, 4) is 0 Å². The summed E-state index contributed by atoms with van der Waals surface area (Å²) < 4.78 is 0. The van der Waals surface area contributed by atoms with Gasteiger partial charge in [-0.1, -0.05) is 137 Å². The maximum Gasteiger partial charge on any atom is -0.00307 e. The Labute approximate surface area is 183 Å². The quantitative estimate of drug-likeness (QED) is 0.410. The van der Waals surface area contributed by atoms with Crippen LogP contribution in [0, 0.1) is 0 Å². The van der Waals surface area contributed by atoms with E-state index >= 15 is 0 Å². The van der Waals surface area contributed by atoms with Crippen molar-refractivity contribution in [3.05, 3.63) is 77.4 Å². The number of hydrogen-bond acceptors (Lipinski definition) is 1. The van der Waals surface area contributed by atoms with E-state index in [4.69, 9.17) is 10.7 Å². The molecule has 0 aliphatic rings. The molecule has 0 heterocycles. The van der Waals surface area contributed by atoms with Crippen LogP contribution in [0.15, 0.2) is 66.2 Å². The number of hydrogen-bond donors (Lipinski definition) is 0. The van der Waals surface area contributed by atoms with Crippen LogP contribution in [0.4, 0.5) is 0 Å². The van der Waals surface area contributed by atoms with Gasteiger partial charge in [-0.2, -0.15) is 0 Å². The lowest BCUT2D eigenvalue weighted by Gasteiger charge is -2.16. The molecule has 0 spiro atoms. The second-order valence-corrected chi connectivity index (χ2v) is 7.95. The maximum atomic E-state index is 4.92. The standard InChI is InChI=1S/C20H24.C5H12.CH3ClS/c1-3-11-17(12-4-2)20(18-13-7-5-8-14-18)19-15-9-6-10-16-19;1-3-5-4-2;1-3-2/h5-10,13-16H,3-4,11-12H2,1-2H3;3-5H2,1-2H3;1H3. The number of allylic oxidation sites excluding steroid dienone is 1. The van der Waals surface area contributed by atoms with E-state index in [1.54, 1.807) is 5.57 Å². The van der Waals surface area contributed by atoms with Gasteiger partial charge in [-0.25, -0.2) is 0 Å². The van der Waals surface area contributed by atoms with Gasteiger partial charge in [0.1, 0.15) is 0 Å². The smallest absolute Gasteiger partial charge is 0.00307 e. The van der Waals surface area contributed by atoms with Gasteiger partial charge in [0.15, 0.2) is 0 Å². The van der Waals surface area contributed by atoms with Gasteiger partial charge >= 0.3 is 0 Å². The molecule has 156 valence electrons. The predicted molar refractivity (Wildman–Crippen MR) is 133 cm³/mol. The molecule has 2 aromatic rings. The Morgan fingerprint density at radius 1 is 0.679 bits per heavy atom. The number of benzene rings is 2. The second kappa shape index (κ2) is 19.2. The Hall–Kier alpha value is -1.18. The molecule has 0 saturated carbocycles. The molecule has 0 aliphatic heterocycles. The summed E-state index contributed by atoms with van der Waals surface area (Å²) in [6.07, 6.45) is 10.7. The molecule has 2 aromatic carbocycles.